The van der Waals surface area contributed by atoms with Gasteiger partial charge in [0.15, 0.2) is 0 Å². The Morgan fingerprint density at radius 1 is 1.18 bits per heavy atom. The number of aromatic nitrogens is 2. The van der Waals surface area contributed by atoms with Gasteiger partial charge in [-0.3, -0.25) is 4.79 Å². The minimum atomic E-state index is 0.173. The van der Waals surface area contributed by atoms with Crippen LogP contribution in [0.5, 0.6) is 0 Å². The van der Waals surface area contributed by atoms with Crippen molar-refractivity contribution in [3.63, 3.8) is 0 Å². The molecular formula is C17H22N4O. The highest BCUT2D eigenvalue weighted by Crippen LogP contribution is 2.27. The average molecular weight is 298 g/mol. The minimum absolute atomic E-state index is 0.173. The monoisotopic (exact) mass is 298 g/mol. The smallest absolute Gasteiger partial charge is 0.223 e. The Labute approximate surface area is 130 Å². The number of anilines is 1. The highest BCUT2D eigenvalue weighted by Gasteiger charge is 2.30. The van der Waals surface area contributed by atoms with E-state index in [1.807, 2.05) is 12.1 Å². The molecule has 1 aliphatic heterocycles. The first-order chi connectivity index (χ1) is 10.7. The second-order valence-corrected chi connectivity index (χ2v) is 6.50. The number of aryl methyl sites for hydroxylation is 1. The first-order valence-corrected chi connectivity index (χ1v) is 8.19. The average Bonchev–Trinajstić information content (AvgIpc) is 3.30. The first kappa shape index (κ1) is 13.6. The number of nitrogens with zero attached hydrogens (tertiary/aromatic N) is 3. The molecule has 4 rings (SSSR count). The molecule has 5 heteroatoms. The van der Waals surface area contributed by atoms with Crippen molar-refractivity contribution in [1.29, 1.82) is 0 Å². The third kappa shape index (κ3) is 2.45. The summed E-state index contributed by atoms with van der Waals surface area (Å²) in [5.74, 6) is 1.45. The van der Waals surface area contributed by atoms with Crippen LogP contribution >= 0.6 is 0 Å². The van der Waals surface area contributed by atoms with Gasteiger partial charge in [0.05, 0.1) is 11.0 Å². The molecule has 2 aromatic rings. The van der Waals surface area contributed by atoms with Crippen LogP contribution in [-0.4, -0.2) is 34.6 Å². The molecule has 0 unspecified atom stereocenters. The number of para-hydroxylation sites is 2. The van der Waals surface area contributed by atoms with Crippen molar-refractivity contribution in [3.05, 3.63) is 24.3 Å². The molecule has 1 amide bonds. The molecule has 1 aromatic carbocycles. The molecule has 2 heterocycles. The van der Waals surface area contributed by atoms with Crippen LogP contribution in [0.3, 0.4) is 0 Å². The molecule has 0 atom stereocenters. The zero-order valence-corrected chi connectivity index (χ0v) is 13.0. The number of carbonyl (C=O) groups is 1. The molecule has 22 heavy (non-hydrogen) atoms. The van der Waals surface area contributed by atoms with Crippen molar-refractivity contribution < 1.29 is 4.79 Å². The number of piperidine rings is 1. The summed E-state index contributed by atoms with van der Waals surface area (Å²) in [4.78, 5) is 19.2. The third-order valence-electron chi connectivity index (χ3n) is 4.84. The van der Waals surface area contributed by atoms with Crippen molar-refractivity contribution in [3.8, 4) is 0 Å². The van der Waals surface area contributed by atoms with Crippen LogP contribution in [0.1, 0.15) is 25.7 Å². The highest BCUT2D eigenvalue weighted by molar-refractivity contribution is 5.80. The second kappa shape index (κ2) is 5.30. The lowest BCUT2D eigenvalue weighted by Crippen LogP contribution is -2.41. The van der Waals surface area contributed by atoms with Gasteiger partial charge in [0.1, 0.15) is 0 Å². The fraction of sp³-hybridized carbons (Fsp3) is 0.529. The first-order valence-electron chi connectivity index (χ1n) is 8.19. The molecule has 2 aliphatic rings. The van der Waals surface area contributed by atoms with Crippen LogP contribution < -0.4 is 10.2 Å². The summed E-state index contributed by atoms with van der Waals surface area (Å²) in [6, 6.07) is 8.68. The van der Waals surface area contributed by atoms with Crippen LogP contribution in [0.25, 0.3) is 11.0 Å². The quantitative estimate of drug-likeness (QED) is 0.944. The summed E-state index contributed by atoms with van der Waals surface area (Å²) in [6.45, 7) is 1.81. The van der Waals surface area contributed by atoms with Crippen molar-refractivity contribution >= 4 is 22.9 Å². The maximum Gasteiger partial charge on any atom is 0.223 e. The summed E-state index contributed by atoms with van der Waals surface area (Å²) >= 11 is 0. The fourth-order valence-electron chi connectivity index (χ4n) is 3.30. The van der Waals surface area contributed by atoms with Gasteiger partial charge in [0.2, 0.25) is 11.9 Å². The molecule has 1 saturated heterocycles. The number of hydrogen-bond acceptors (Lipinski definition) is 3. The van der Waals surface area contributed by atoms with E-state index in [4.69, 9.17) is 4.98 Å². The SMILES string of the molecule is Cn1c(N2CCC(C(=O)NC3CC3)CC2)nc2ccccc21. The van der Waals surface area contributed by atoms with E-state index in [1.54, 1.807) is 0 Å². The number of rotatable bonds is 3. The second-order valence-electron chi connectivity index (χ2n) is 6.50. The van der Waals surface area contributed by atoms with Gasteiger partial charge in [-0.05, 0) is 37.8 Å². The Morgan fingerprint density at radius 2 is 1.91 bits per heavy atom. The van der Waals surface area contributed by atoms with Gasteiger partial charge in [0, 0.05) is 32.1 Å². The van der Waals surface area contributed by atoms with Crippen molar-refractivity contribution in [2.24, 2.45) is 13.0 Å². The Balaban J connectivity index is 1.45. The summed E-state index contributed by atoms with van der Waals surface area (Å²) in [5, 5.41) is 3.13. The third-order valence-corrected chi connectivity index (χ3v) is 4.84. The predicted octanol–water partition coefficient (Wildman–Crippen LogP) is 2.07. The van der Waals surface area contributed by atoms with Gasteiger partial charge < -0.3 is 14.8 Å². The molecule has 1 aromatic heterocycles. The van der Waals surface area contributed by atoms with Gasteiger partial charge in [0.25, 0.3) is 0 Å². The van der Waals surface area contributed by atoms with Crippen LogP contribution in [-0.2, 0) is 11.8 Å². The van der Waals surface area contributed by atoms with E-state index in [2.05, 4.69) is 34.0 Å². The lowest BCUT2D eigenvalue weighted by Gasteiger charge is -2.32. The summed E-state index contributed by atoms with van der Waals surface area (Å²) < 4.78 is 2.15. The number of benzene rings is 1. The molecule has 116 valence electrons. The van der Waals surface area contributed by atoms with Crippen molar-refractivity contribution in [1.82, 2.24) is 14.9 Å². The zero-order valence-electron chi connectivity index (χ0n) is 13.0. The Morgan fingerprint density at radius 3 is 2.59 bits per heavy atom. The number of hydrogen-bond donors (Lipinski definition) is 1. The largest absolute Gasteiger partial charge is 0.353 e. The van der Waals surface area contributed by atoms with E-state index in [-0.39, 0.29) is 11.8 Å². The van der Waals surface area contributed by atoms with Crippen LogP contribution in [0.15, 0.2) is 24.3 Å². The standard InChI is InChI=1S/C17H22N4O/c1-20-15-5-3-2-4-14(15)19-17(20)21-10-8-12(9-11-21)16(22)18-13-6-7-13/h2-5,12-13H,6-11H2,1H3,(H,18,22). The Bertz CT molecular complexity index is 696. The van der Waals surface area contributed by atoms with Gasteiger partial charge in [-0.1, -0.05) is 12.1 Å². The number of fused-ring (bicyclic) bond motifs is 1. The normalized spacial score (nSPS) is 19.6. The highest BCUT2D eigenvalue weighted by atomic mass is 16.2. The Kier molecular flexibility index (Phi) is 3.28. The fourth-order valence-corrected chi connectivity index (χ4v) is 3.30. The van der Waals surface area contributed by atoms with E-state index in [9.17, 15) is 4.79 Å². The van der Waals surface area contributed by atoms with Gasteiger partial charge in [-0.2, -0.15) is 0 Å². The number of carbonyl (C=O) groups excluding carboxylic acids is 1. The summed E-state index contributed by atoms with van der Waals surface area (Å²) in [5.41, 5.74) is 2.19. The molecular weight excluding hydrogens is 276 g/mol. The van der Waals surface area contributed by atoms with E-state index < -0.39 is 0 Å². The van der Waals surface area contributed by atoms with Crippen LogP contribution in [0.2, 0.25) is 0 Å². The van der Waals surface area contributed by atoms with E-state index >= 15 is 0 Å². The van der Waals surface area contributed by atoms with Gasteiger partial charge >= 0.3 is 0 Å². The predicted molar refractivity (Wildman–Crippen MR) is 86.8 cm³/mol. The molecule has 1 saturated carbocycles. The number of nitrogens with one attached hydrogen (secondary N) is 1. The molecule has 0 spiro atoms. The van der Waals surface area contributed by atoms with Crippen molar-refractivity contribution in [2.45, 2.75) is 31.7 Å². The molecule has 5 nitrogen and oxygen atoms in total. The van der Waals surface area contributed by atoms with Crippen LogP contribution in [0, 0.1) is 5.92 Å². The maximum absolute atomic E-state index is 12.1. The lowest BCUT2D eigenvalue weighted by molar-refractivity contribution is -0.125. The number of imidazole rings is 1. The zero-order chi connectivity index (χ0) is 15.1. The van der Waals surface area contributed by atoms with Crippen molar-refractivity contribution in [2.75, 3.05) is 18.0 Å². The van der Waals surface area contributed by atoms with Gasteiger partial charge in [-0.25, -0.2) is 4.98 Å². The molecule has 1 N–H and O–H groups in total. The lowest BCUT2D eigenvalue weighted by atomic mass is 9.96. The maximum atomic E-state index is 12.1. The topological polar surface area (TPSA) is 50.2 Å². The van der Waals surface area contributed by atoms with Crippen LogP contribution in [0.4, 0.5) is 5.95 Å². The molecule has 0 radical (unpaired) electrons. The molecule has 0 bridgehead atoms. The Hall–Kier alpha value is -2.04. The van der Waals surface area contributed by atoms with E-state index in [0.717, 1.165) is 55.8 Å². The van der Waals surface area contributed by atoms with E-state index in [1.165, 1.54) is 0 Å². The van der Waals surface area contributed by atoms with Gasteiger partial charge in [-0.15, -0.1) is 0 Å². The minimum Gasteiger partial charge on any atom is -0.353 e. The molecule has 2 fully saturated rings. The van der Waals surface area contributed by atoms with E-state index in [0.29, 0.717) is 6.04 Å². The number of amides is 1. The summed E-state index contributed by atoms with van der Waals surface area (Å²) in [6.07, 6.45) is 4.15. The summed E-state index contributed by atoms with van der Waals surface area (Å²) in [7, 11) is 2.07. The molecule has 1 aliphatic carbocycles.